The number of aliphatic hydroxyl groups excluding tert-OH is 1. The molecule has 0 radical (unpaired) electrons. The number of halogens is 3. The van der Waals surface area contributed by atoms with E-state index in [1.54, 1.807) is 23.7 Å². The zero-order chi connectivity index (χ0) is 21.7. The van der Waals surface area contributed by atoms with Gasteiger partial charge in [-0.1, -0.05) is 17.7 Å². The average Bonchev–Trinajstić information content (AvgIpc) is 3.38. The smallest absolute Gasteiger partial charge is 0.239 e. The Morgan fingerprint density at radius 2 is 2.13 bits per heavy atom. The van der Waals surface area contributed by atoms with Gasteiger partial charge in [0.05, 0.1) is 16.1 Å². The van der Waals surface area contributed by atoms with Crippen LogP contribution in [0, 0.1) is 9.39 Å². The lowest BCUT2D eigenvalue weighted by molar-refractivity contribution is 0.283. The first kappa shape index (κ1) is 21.7. The molecule has 3 aromatic rings. The highest BCUT2D eigenvalue weighted by atomic mass is 127. The Hall–Kier alpha value is -1.50. The van der Waals surface area contributed by atoms with Crippen molar-refractivity contribution in [3.05, 3.63) is 50.1 Å². The number of rotatable bonds is 7. The van der Waals surface area contributed by atoms with Crippen LogP contribution in [0.3, 0.4) is 0 Å². The highest BCUT2D eigenvalue weighted by Gasteiger charge is 2.54. The normalized spacial score (nSPS) is 15.5. The van der Waals surface area contributed by atoms with Crippen molar-refractivity contribution >= 4 is 61.2 Å². The molecule has 0 amide bonds. The maximum atomic E-state index is 14.5. The highest BCUT2D eigenvalue weighted by Crippen LogP contribution is 2.47. The van der Waals surface area contributed by atoms with E-state index in [9.17, 15) is 17.9 Å². The first-order valence-electron chi connectivity index (χ1n) is 9.24. The molecule has 30 heavy (non-hydrogen) atoms. The number of fused-ring (bicyclic) bond motifs is 1. The molecule has 0 spiro atoms. The fourth-order valence-corrected chi connectivity index (χ4v) is 5.85. The van der Waals surface area contributed by atoms with Gasteiger partial charge in [0.1, 0.15) is 17.2 Å². The molecule has 1 aliphatic rings. The van der Waals surface area contributed by atoms with Crippen molar-refractivity contribution in [2.45, 2.75) is 30.4 Å². The summed E-state index contributed by atoms with van der Waals surface area (Å²) < 4.78 is 44.6. The number of anilines is 1. The number of aliphatic hydroxyl groups is 1. The highest BCUT2D eigenvalue weighted by molar-refractivity contribution is 14.1. The van der Waals surface area contributed by atoms with E-state index in [0.717, 1.165) is 3.57 Å². The molecule has 2 heterocycles. The number of hydrogen-bond acceptors (Lipinski definition) is 5. The zero-order valence-electron chi connectivity index (χ0n) is 16.0. The number of pyridine rings is 1. The largest absolute Gasteiger partial charge is 0.396 e. The number of aromatic nitrogens is 3. The summed E-state index contributed by atoms with van der Waals surface area (Å²) in [5.74, 6) is -0.356. The molecule has 0 bridgehead atoms. The van der Waals surface area contributed by atoms with Crippen LogP contribution in [0.4, 0.5) is 10.2 Å². The molecule has 0 atom stereocenters. The van der Waals surface area contributed by atoms with Gasteiger partial charge in [0.2, 0.25) is 10.0 Å². The van der Waals surface area contributed by atoms with Gasteiger partial charge in [-0.25, -0.2) is 22.8 Å². The summed E-state index contributed by atoms with van der Waals surface area (Å²) >= 11 is 8.62. The van der Waals surface area contributed by atoms with E-state index in [0.29, 0.717) is 35.1 Å². The first-order chi connectivity index (χ1) is 14.2. The van der Waals surface area contributed by atoms with Crippen LogP contribution in [0.5, 0.6) is 0 Å². The van der Waals surface area contributed by atoms with E-state index in [1.165, 1.54) is 12.4 Å². The molecular weight excluding hydrogens is 546 g/mol. The number of benzene rings is 1. The van der Waals surface area contributed by atoms with Crippen LogP contribution in [-0.2, 0) is 23.5 Å². The summed E-state index contributed by atoms with van der Waals surface area (Å²) in [5.41, 5.74) is 1.55. The monoisotopic (exact) mass is 564 g/mol. The molecule has 2 aromatic heterocycles. The number of sulfonamides is 1. The molecule has 1 saturated carbocycles. The van der Waals surface area contributed by atoms with Crippen molar-refractivity contribution in [3.8, 4) is 0 Å². The van der Waals surface area contributed by atoms with E-state index in [4.69, 9.17) is 11.6 Å². The van der Waals surface area contributed by atoms with Gasteiger partial charge in [-0.3, -0.25) is 4.72 Å². The molecule has 1 fully saturated rings. The van der Waals surface area contributed by atoms with Crippen LogP contribution in [0.15, 0.2) is 24.5 Å². The third-order valence-corrected chi connectivity index (χ3v) is 8.73. The molecule has 160 valence electrons. The molecular formula is C19H19ClFIN4O3S. The zero-order valence-corrected chi connectivity index (χ0v) is 19.7. The Morgan fingerprint density at radius 3 is 2.77 bits per heavy atom. The van der Waals surface area contributed by atoms with Crippen LogP contribution in [0.25, 0.3) is 11.2 Å². The van der Waals surface area contributed by atoms with E-state index < -0.39 is 20.6 Å². The predicted molar refractivity (Wildman–Crippen MR) is 122 cm³/mol. The summed E-state index contributed by atoms with van der Waals surface area (Å²) in [5, 5.41) is 9.51. The fourth-order valence-electron chi connectivity index (χ4n) is 3.46. The lowest BCUT2D eigenvalue weighted by Crippen LogP contribution is -2.31. The molecule has 2 N–H and O–H groups in total. The van der Waals surface area contributed by atoms with Crippen molar-refractivity contribution in [2.75, 3.05) is 11.3 Å². The number of imidazole rings is 1. The van der Waals surface area contributed by atoms with Crippen molar-refractivity contribution in [1.82, 2.24) is 14.5 Å². The number of nitrogens with one attached hydrogen (secondary N) is 1. The summed E-state index contributed by atoms with van der Waals surface area (Å²) in [6.45, 7) is -0.226. The van der Waals surface area contributed by atoms with E-state index in [2.05, 4.69) is 14.7 Å². The summed E-state index contributed by atoms with van der Waals surface area (Å²) in [4.78, 5) is 8.71. The third kappa shape index (κ3) is 3.78. The van der Waals surface area contributed by atoms with Crippen molar-refractivity contribution in [1.29, 1.82) is 0 Å². The van der Waals surface area contributed by atoms with Gasteiger partial charge in [-0.2, -0.15) is 0 Å². The quantitative estimate of drug-likeness (QED) is 0.428. The lowest BCUT2D eigenvalue weighted by Gasteiger charge is -2.19. The SMILES string of the molecule is Cn1cnc2c(Cl)c(Cc3ccc(I)cc3F)c(NS(=O)(=O)C3(CCO)CC3)nc21. The Kier molecular flexibility index (Phi) is 5.71. The van der Waals surface area contributed by atoms with Gasteiger partial charge in [-0.15, -0.1) is 0 Å². The Morgan fingerprint density at radius 1 is 1.40 bits per heavy atom. The molecule has 4 rings (SSSR count). The minimum absolute atomic E-state index is 0.0476. The van der Waals surface area contributed by atoms with Crippen LogP contribution in [0.2, 0.25) is 5.02 Å². The van der Waals surface area contributed by atoms with Crippen LogP contribution >= 0.6 is 34.2 Å². The van der Waals surface area contributed by atoms with Crippen molar-refractivity contribution in [3.63, 3.8) is 0 Å². The minimum Gasteiger partial charge on any atom is -0.396 e. The molecule has 7 nitrogen and oxygen atoms in total. The van der Waals surface area contributed by atoms with E-state index in [-0.39, 0.29) is 30.3 Å². The summed E-state index contributed by atoms with van der Waals surface area (Å²) in [6, 6.07) is 4.81. The molecule has 0 unspecified atom stereocenters. The van der Waals surface area contributed by atoms with E-state index >= 15 is 0 Å². The molecule has 11 heteroatoms. The second-order valence-electron chi connectivity index (χ2n) is 7.46. The average molecular weight is 565 g/mol. The molecule has 0 aliphatic heterocycles. The lowest BCUT2D eigenvalue weighted by atomic mass is 10.0. The van der Waals surface area contributed by atoms with Crippen LogP contribution in [0.1, 0.15) is 30.4 Å². The second-order valence-corrected chi connectivity index (χ2v) is 11.2. The van der Waals surface area contributed by atoms with Gasteiger partial charge in [0.25, 0.3) is 0 Å². The van der Waals surface area contributed by atoms with Crippen molar-refractivity contribution < 1.29 is 17.9 Å². The Labute approximate surface area is 191 Å². The minimum atomic E-state index is -3.83. The topological polar surface area (TPSA) is 97.1 Å². The van der Waals surface area contributed by atoms with E-state index in [1.807, 2.05) is 22.6 Å². The molecule has 0 saturated heterocycles. The third-order valence-electron chi connectivity index (χ3n) is 5.44. The maximum absolute atomic E-state index is 14.5. The predicted octanol–water partition coefficient (Wildman–Crippen LogP) is 3.61. The first-order valence-corrected chi connectivity index (χ1v) is 12.2. The van der Waals surface area contributed by atoms with Crippen molar-refractivity contribution in [2.24, 2.45) is 7.05 Å². The standard InChI is InChI=1S/C19H19ClFIN4O3S/c1-26-10-23-16-15(20)13(8-11-2-3-12(22)9-14(11)21)17(24-18(16)26)25-30(28,29)19(4-5-19)6-7-27/h2-3,9-10,27H,4-8H2,1H3,(H,24,25). The van der Waals surface area contributed by atoms with Gasteiger partial charge in [-0.05, 0) is 59.5 Å². The Balaban J connectivity index is 1.83. The van der Waals surface area contributed by atoms with Gasteiger partial charge >= 0.3 is 0 Å². The summed E-state index contributed by atoms with van der Waals surface area (Å²) in [6.07, 6.45) is 2.65. The Bertz CT molecular complexity index is 1240. The van der Waals surface area contributed by atoms with Crippen LogP contribution < -0.4 is 4.72 Å². The number of nitrogens with zero attached hydrogens (tertiary/aromatic N) is 3. The van der Waals surface area contributed by atoms with Crippen LogP contribution in [-0.4, -0.2) is 39.4 Å². The fraction of sp³-hybridized carbons (Fsp3) is 0.368. The maximum Gasteiger partial charge on any atom is 0.239 e. The van der Waals surface area contributed by atoms with Gasteiger partial charge in [0, 0.05) is 29.2 Å². The number of aryl methyl sites for hydroxylation is 1. The van der Waals surface area contributed by atoms with Gasteiger partial charge in [0.15, 0.2) is 5.65 Å². The second kappa shape index (κ2) is 7.88. The number of hydrogen-bond donors (Lipinski definition) is 2. The molecule has 1 aliphatic carbocycles. The molecule has 1 aromatic carbocycles. The van der Waals surface area contributed by atoms with Gasteiger partial charge < -0.3 is 9.67 Å². The summed E-state index contributed by atoms with van der Waals surface area (Å²) in [7, 11) is -2.11.